The Bertz CT molecular complexity index is 837. The normalized spacial score (nSPS) is 10.7. The fourth-order valence-corrected chi connectivity index (χ4v) is 2.67. The van der Waals surface area contributed by atoms with Gasteiger partial charge in [-0.15, -0.1) is 0 Å². The summed E-state index contributed by atoms with van der Waals surface area (Å²) in [5.41, 5.74) is 2.10. The SMILES string of the molecule is COc1ccc(NC(=O)CSc2nc3cc(Cl)ncc3[nH]2)cn1. The second kappa shape index (κ2) is 6.84. The molecule has 3 aromatic heterocycles. The van der Waals surface area contributed by atoms with Gasteiger partial charge in [0.1, 0.15) is 5.15 Å². The summed E-state index contributed by atoms with van der Waals surface area (Å²) in [6, 6.07) is 5.07. The first-order valence-corrected chi connectivity index (χ1v) is 7.94. The van der Waals surface area contributed by atoms with E-state index in [1.807, 2.05) is 0 Å². The van der Waals surface area contributed by atoms with Gasteiger partial charge in [0.15, 0.2) is 5.16 Å². The lowest BCUT2D eigenvalue weighted by atomic mass is 10.4. The smallest absolute Gasteiger partial charge is 0.234 e. The lowest BCUT2D eigenvalue weighted by Gasteiger charge is -2.04. The molecule has 0 aliphatic rings. The van der Waals surface area contributed by atoms with Crippen molar-refractivity contribution in [1.82, 2.24) is 19.9 Å². The molecule has 0 spiro atoms. The average molecular weight is 350 g/mol. The number of carbonyl (C=O) groups is 1. The number of fused-ring (bicyclic) bond motifs is 1. The van der Waals surface area contributed by atoms with Crippen LogP contribution in [0.1, 0.15) is 0 Å². The summed E-state index contributed by atoms with van der Waals surface area (Å²) >= 11 is 7.11. The van der Waals surface area contributed by atoms with Crippen LogP contribution in [0.4, 0.5) is 5.69 Å². The third kappa shape index (κ3) is 3.91. The van der Waals surface area contributed by atoms with E-state index in [2.05, 4.69) is 25.3 Å². The summed E-state index contributed by atoms with van der Waals surface area (Å²) in [5.74, 6) is 0.554. The van der Waals surface area contributed by atoms with Crippen molar-refractivity contribution in [3.8, 4) is 5.88 Å². The molecule has 0 saturated carbocycles. The van der Waals surface area contributed by atoms with E-state index in [1.165, 1.54) is 25.1 Å². The van der Waals surface area contributed by atoms with Gasteiger partial charge in [-0.3, -0.25) is 4.79 Å². The molecule has 0 fully saturated rings. The van der Waals surface area contributed by atoms with E-state index < -0.39 is 0 Å². The van der Waals surface area contributed by atoms with Gasteiger partial charge in [-0.05, 0) is 6.07 Å². The number of rotatable bonds is 5. The average Bonchev–Trinajstić information content (AvgIpc) is 2.95. The standard InChI is InChI=1S/C14H12ClN5O2S/c1-22-13-3-2-8(5-17-13)18-12(21)7-23-14-19-9-4-11(15)16-6-10(9)20-14/h2-6H,7H2,1H3,(H,18,21)(H,19,20). The van der Waals surface area contributed by atoms with E-state index in [-0.39, 0.29) is 11.7 Å². The maximum absolute atomic E-state index is 11.9. The third-order valence-corrected chi connectivity index (χ3v) is 3.96. The first kappa shape index (κ1) is 15.6. The number of pyridine rings is 2. The summed E-state index contributed by atoms with van der Waals surface area (Å²) in [7, 11) is 1.53. The summed E-state index contributed by atoms with van der Waals surface area (Å²) in [6.07, 6.45) is 3.15. The minimum Gasteiger partial charge on any atom is -0.481 e. The molecule has 1 amide bonds. The highest BCUT2D eigenvalue weighted by Crippen LogP contribution is 2.21. The highest BCUT2D eigenvalue weighted by Gasteiger charge is 2.08. The largest absolute Gasteiger partial charge is 0.481 e. The fraction of sp³-hybridized carbons (Fsp3) is 0.143. The minimum atomic E-state index is -0.154. The van der Waals surface area contributed by atoms with Crippen LogP contribution in [0.25, 0.3) is 11.0 Å². The summed E-state index contributed by atoms with van der Waals surface area (Å²) < 4.78 is 4.96. The molecule has 23 heavy (non-hydrogen) atoms. The van der Waals surface area contributed by atoms with Crippen LogP contribution < -0.4 is 10.1 Å². The molecule has 3 heterocycles. The molecular formula is C14H12ClN5O2S. The van der Waals surface area contributed by atoms with Crippen molar-refractivity contribution < 1.29 is 9.53 Å². The Morgan fingerprint density at radius 1 is 1.39 bits per heavy atom. The number of H-pyrrole nitrogens is 1. The third-order valence-electron chi connectivity index (χ3n) is 2.88. The van der Waals surface area contributed by atoms with Gasteiger partial charge >= 0.3 is 0 Å². The van der Waals surface area contributed by atoms with Crippen LogP contribution in [-0.4, -0.2) is 38.7 Å². The zero-order chi connectivity index (χ0) is 16.2. The van der Waals surface area contributed by atoms with Crippen LogP contribution in [0.5, 0.6) is 5.88 Å². The number of amides is 1. The van der Waals surface area contributed by atoms with Crippen LogP contribution in [0.3, 0.4) is 0 Å². The number of nitrogens with zero attached hydrogens (tertiary/aromatic N) is 3. The monoisotopic (exact) mass is 349 g/mol. The van der Waals surface area contributed by atoms with Gasteiger partial charge in [0.25, 0.3) is 0 Å². The Morgan fingerprint density at radius 3 is 3.00 bits per heavy atom. The Morgan fingerprint density at radius 2 is 2.26 bits per heavy atom. The van der Waals surface area contributed by atoms with Crippen molar-refractivity contribution in [2.45, 2.75) is 5.16 Å². The zero-order valence-electron chi connectivity index (χ0n) is 12.0. The van der Waals surface area contributed by atoms with Crippen molar-refractivity contribution >= 4 is 46.0 Å². The molecule has 3 rings (SSSR count). The summed E-state index contributed by atoms with van der Waals surface area (Å²) in [6.45, 7) is 0. The number of thioether (sulfide) groups is 1. The molecule has 2 N–H and O–H groups in total. The van der Waals surface area contributed by atoms with E-state index >= 15 is 0 Å². The number of nitrogens with one attached hydrogen (secondary N) is 2. The van der Waals surface area contributed by atoms with Gasteiger partial charge < -0.3 is 15.0 Å². The minimum absolute atomic E-state index is 0.154. The molecule has 0 atom stereocenters. The van der Waals surface area contributed by atoms with Crippen molar-refractivity contribution in [3.63, 3.8) is 0 Å². The lowest BCUT2D eigenvalue weighted by molar-refractivity contribution is -0.113. The van der Waals surface area contributed by atoms with Crippen LogP contribution in [0.15, 0.2) is 35.7 Å². The molecule has 0 radical (unpaired) electrons. The zero-order valence-corrected chi connectivity index (χ0v) is 13.6. The van der Waals surface area contributed by atoms with Gasteiger partial charge in [-0.25, -0.2) is 15.0 Å². The first-order valence-electron chi connectivity index (χ1n) is 6.58. The molecule has 0 bridgehead atoms. The molecule has 118 valence electrons. The Labute approximate surface area is 140 Å². The Balaban J connectivity index is 1.58. The lowest BCUT2D eigenvalue weighted by Crippen LogP contribution is -2.14. The number of hydrogen-bond acceptors (Lipinski definition) is 6. The van der Waals surface area contributed by atoms with Crippen LogP contribution in [0.2, 0.25) is 5.15 Å². The molecule has 0 aliphatic carbocycles. The quantitative estimate of drug-likeness (QED) is 0.543. The molecule has 7 nitrogen and oxygen atoms in total. The molecule has 9 heteroatoms. The first-order chi connectivity index (χ1) is 11.1. The van der Waals surface area contributed by atoms with Gasteiger partial charge in [-0.1, -0.05) is 23.4 Å². The molecule has 0 saturated heterocycles. The van der Waals surface area contributed by atoms with Crippen molar-refractivity contribution in [3.05, 3.63) is 35.7 Å². The second-order valence-electron chi connectivity index (χ2n) is 4.49. The van der Waals surface area contributed by atoms with E-state index in [1.54, 1.807) is 24.4 Å². The van der Waals surface area contributed by atoms with E-state index in [9.17, 15) is 4.79 Å². The number of ether oxygens (including phenoxy) is 1. The van der Waals surface area contributed by atoms with E-state index in [0.717, 1.165) is 5.52 Å². The number of methoxy groups -OCH3 is 1. The number of aromatic nitrogens is 4. The fourth-order valence-electron chi connectivity index (χ4n) is 1.84. The predicted molar refractivity (Wildman–Crippen MR) is 89.0 cm³/mol. The molecular weight excluding hydrogens is 338 g/mol. The van der Waals surface area contributed by atoms with Gasteiger partial charge in [0.05, 0.1) is 42.0 Å². The number of anilines is 1. The highest BCUT2D eigenvalue weighted by atomic mass is 35.5. The highest BCUT2D eigenvalue weighted by molar-refractivity contribution is 7.99. The summed E-state index contributed by atoms with van der Waals surface area (Å²) in [4.78, 5) is 27.4. The predicted octanol–water partition coefficient (Wildman–Crippen LogP) is 2.75. The van der Waals surface area contributed by atoms with Gasteiger partial charge in [0, 0.05) is 12.1 Å². The molecule has 3 aromatic rings. The van der Waals surface area contributed by atoms with Crippen LogP contribution in [-0.2, 0) is 4.79 Å². The number of halogens is 1. The van der Waals surface area contributed by atoms with Crippen molar-refractivity contribution in [2.24, 2.45) is 0 Å². The van der Waals surface area contributed by atoms with E-state index in [4.69, 9.17) is 16.3 Å². The topological polar surface area (TPSA) is 92.8 Å². The Kier molecular flexibility index (Phi) is 4.63. The number of imidazole rings is 1. The summed E-state index contributed by atoms with van der Waals surface area (Å²) in [5, 5.41) is 3.76. The van der Waals surface area contributed by atoms with Crippen molar-refractivity contribution in [2.75, 3.05) is 18.2 Å². The van der Waals surface area contributed by atoms with E-state index in [0.29, 0.717) is 27.4 Å². The van der Waals surface area contributed by atoms with Crippen molar-refractivity contribution in [1.29, 1.82) is 0 Å². The second-order valence-corrected chi connectivity index (χ2v) is 5.84. The molecule has 0 unspecified atom stereocenters. The van der Waals surface area contributed by atoms with Crippen LogP contribution in [0, 0.1) is 0 Å². The van der Waals surface area contributed by atoms with Gasteiger partial charge in [0.2, 0.25) is 11.8 Å². The Hall–Kier alpha value is -2.32. The number of hydrogen-bond donors (Lipinski definition) is 2. The molecule has 0 aliphatic heterocycles. The maximum atomic E-state index is 11.9. The maximum Gasteiger partial charge on any atom is 0.234 e. The van der Waals surface area contributed by atoms with Gasteiger partial charge in [-0.2, -0.15) is 0 Å². The van der Waals surface area contributed by atoms with Crippen LogP contribution >= 0.6 is 23.4 Å². The number of aromatic amines is 1. The molecule has 0 aromatic carbocycles. The number of carbonyl (C=O) groups excluding carboxylic acids is 1.